The van der Waals surface area contributed by atoms with Gasteiger partial charge in [0.25, 0.3) is 0 Å². The van der Waals surface area contributed by atoms with Gasteiger partial charge in [0, 0.05) is 19.7 Å². The average molecular weight is 169 g/mol. The van der Waals surface area contributed by atoms with E-state index in [0.717, 1.165) is 45.6 Å². The van der Waals surface area contributed by atoms with E-state index in [1.165, 1.54) is 6.42 Å². The number of piperidine rings is 1. The van der Waals surface area contributed by atoms with E-state index >= 15 is 0 Å². The predicted molar refractivity (Wildman–Crippen MR) is 44.7 cm³/mol. The van der Waals surface area contributed by atoms with Gasteiger partial charge < -0.3 is 9.64 Å². The molecule has 0 bridgehead atoms. The van der Waals surface area contributed by atoms with Gasteiger partial charge in [-0.2, -0.15) is 0 Å². The summed E-state index contributed by atoms with van der Waals surface area (Å²) in [6.07, 6.45) is 4.42. The van der Waals surface area contributed by atoms with Crippen molar-refractivity contribution < 1.29 is 9.53 Å². The Morgan fingerprint density at radius 3 is 2.50 bits per heavy atom. The number of ether oxygens (including phenoxy) is 1. The van der Waals surface area contributed by atoms with Gasteiger partial charge in [0.1, 0.15) is 0 Å². The molecule has 12 heavy (non-hydrogen) atoms. The summed E-state index contributed by atoms with van der Waals surface area (Å²) in [5.41, 5.74) is 0.430. The summed E-state index contributed by atoms with van der Waals surface area (Å²) in [5, 5.41) is 0. The highest BCUT2D eigenvalue weighted by Gasteiger charge is 2.37. The minimum atomic E-state index is 0.430. The average Bonchev–Trinajstić information content (AvgIpc) is 2.55. The fraction of sp³-hybridized carbons (Fsp3) is 0.889. The lowest BCUT2D eigenvalue weighted by Crippen LogP contribution is -2.39. The van der Waals surface area contributed by atoms with Crippen molar-refractivity contribution in [2.45, 2.75) is 19.3 Å². The highest BCUT2D eigenvalue weighted by Crippen LogP contribution is 2.38. The molecular weight excluding hydrogens is 154 g/mol. The standard InChI is InChI=1S/C9H15NO2/c11-8-10-4-1-9(2-5-10)3-6-12-7-9/h8H,1-7H2. The quantitative estimate of drug-likeness (QED) is 0.539. The third-order valence-corrected chi connectivity index (χ3v) is 3.19. The molecular formula is C9H15NO2. The molecule has 0 aromatic heterocycles. The van der Waals surface area contributed by atoms with E-state index in [0.29, 0.717) is 5.41 Å². The van der Waals surface area contributed by atoms with Crippen LogP contribution in [0.1, 0.15) is 19.3 Å². The number of hydrogen-bond donors (Lipinski definition) is 0. The van der Waals surface area contributed by atoms with Crippen molar-refractivity contribution in [1.29, 1.82) is 0 Å². The Bertz CT molecular complexity index is 165. The highest BCUT2D eigenvalue weighted by atomic mass is 16.5. The van der Waals surface area contributed by atoms with Gasteiger partial charge in [0.2, 0.25) is 6.41 Å². The van der Waals surface area contributed by atoms with Crippen LogP contribution in [0.3, 0.4) is 0 Å². The van der Waals surface area contributed by atoms with Crippen LogP contribution in [0.15, 0.2) is 0 Å². The van der Waals surface area contributed by atoms with Crippen molar-refractivity contribution in [3.8, 4) is 0 Å². The second-order valence-corrected chi connectivity index (χ2v) is 3.94. The number of rotatable bonds is 1. The van der Waals surface area contributed by atoms with Crippen molar-refractivity contribution >= 4 is 6.41 Å². The van der Waals surface area contributed by atoms with Crippen LogP contribution in [0.25, 0.3) is 0 Å². The molecule has 1 spiro atoms. The summed E-state index contributed by atoms with van der Waals surface area (Å²) in [7, 11) is 0. The third-order valence-electron chi connectivity index (χ3n) is 3.19. The van der Waals surface area contributed by atoms with Crippen molar-refractivity contribution in [2.24, 2.45) is 5.41 Å². The Labute approximate surface area is 72.7 Å². The van der Waals surface area contributed by atoms with E-state index in [-0.39, 0.29) is 0 Å². The van der Waals surface area contributed by atoms with Crippen LogP contribution < -0.4 is 0 Å². The van der Waals surface area contributed by atoms with Crippen LogP contribution >= 0.6 is 0 Å². The second-order valence-electron chi connectivity index (χ2n) is 3.94. The number of likely N-dealkylation sites (tertiary alicyclic amines) is 1. The zero-order chi connectivity index (χ0) is 8.44. The molecule has 0 N–H and O–H groups in total. The normalized spacial score (nSPS) is 27.8. The molecule has 0 unspecified atom stereocenters. The van der Waals surface area contributed by atoms with Crippen molar-refractivity contribution in [3.63, 3.8) is 0 Å². The Morgan fingerprint density at radius 2 is 2.00 bits per heavy atom. The molecule has 0 aliphatic carbocycles. The molecule has 0 atom stereocenters. The molecule has 2 heterocycles. The van der Waals surface area contributed by atoms with Crippen LogP contribution in [0, 0.1) is 5.41 Å². The molecule has 0 aromatic rings. The first-order chi connectivity index (χ1) is 5.85. The zero-order valence-corrected chi connectivity index (χ0v) is 7.29. The highest BCUT2D eigenvalue weighted by molar-refractivity contribution is 5.47. The van der Waals surface area contributed by atoms with Crippen molar-refractivity contribution in [1.82, 2.24) is 4.90 Å². The summed E-state index contributed by atoms with van der Waals surface area (Å²) in [4.78, 5) is 12.3. The lowest BCUT2D eigenvalue weighted by atomic mass is 9.78. The molecule has 2 aliphatic rings. The smallest absolute Gasteiger partial charge is 0.209 e. The third kappa shape index (κ3) is 1.33. The Kier molecular flexibility index (Phi) is 2.05. The number of carbonyl (C=O) groups excluding carboxylic acids is 1. The Balaban J connectivity index is 1.92. The van der Waals surface area contributed by atoms with Gasteiger partial charge in [-0.05, 0) is 24.7 Å². The van der Waals surface area contributed by atoms with Crippen LogP contribution in [-0.2, 0) is 9.53 Å². The first kappa shape index (κ1) is 8.05. The van der Waals surface area contributed by atoms with Crippen LogP contribution in [0.4, 0.5) is 0 Å². The van der Waals surface area contributed by atoms with Gasteiger partial charge >= 0.3 is 0 Å². The van der Waals surface area contributed by atoms with Crippen molar-refractivity contribution in [2.75, 3.05) is 26.3 Å². The molecule has 0 saturated carbocycles. The monoisotopic (exact) mass is 169 g/mol. The molecule has 2 fully saturated rings. The number of nitrogens with zero attached hydrogens (tertiary/aromatic N) is 1. The van der Waals surface area contributed by atoms with E-state index in [9.17, 15) is 4.79 Å². The number of hydrogen-bond acceptors (Lipinski definition) is 2. The van der Waals surface area contributed by atoms with E-state index in [1.807, 2.05) is 4.90 Å². The summed E-state index contributed by atoms with van der Waals surface area (Å²) in [5.74, 6) is 0. The molecule has 0 radical (unpaired) electrons. The molecule has 68 valence electrons. The van der Waals surface area contributed by atoms with Crippen LogP contribution in [0.2, 0.25) is 0 Å². The number of carbonyl (C=O) groups is 1. The SMILES string of the molecule is O=CN1CCC2(CCOC2)CC1. The Hall–Kier alpha value is -0.570. The summed E-state index contributed by atoms with van der Waals surface area (Å²) in [6, 6.07) is 0. The Morgan fingerprint density at radius 1 is 1.25 bits per heavy atom. The maximum atomic E-state index is 10.5. The van der Waals surface area contributed by atoms with Gasteiger partial charge in [0.15, 0.2) is 0 Å². The molecule has 1 amide bonds. The van der Waals surface area contributed by atoms with Crippen LogP contribution in [-0.4, -0.2) is 37.6 Å². The summed E-state index contributed by atoms with van der Waals surface area (Å²) in [6.45, 7) is 3.68. The zero-order valence-electron chi connectivity index (χ0n) is 7.29. The van der Waals surface area contributed by atoms with E-state index < -0.39 is 0 Å². The molecule has 3 heteroatoms. The molecule has 2 saturated heterocycles. The topological polar surface area (TPSA) is 29.5 Å². The first-order valence-corrected chi connectivity index (χ1v) is 4.62. The van der Waals surface area contributed by atoms with E-state index in [2.05, 4.69) is 0 Å². The van der Waals surface area contributed by atoms with E-state index in [4.69, 9.17) is 4.74 Å². The lowest BCUT2D eigenvalue weighted by Gasteiger charge is -2.36. The van der Waals surface area contributed by atoms with Gasteiger partial charge in [-0.25, -0.2) is 0 Å². The van der Waals surface area contributed by atoms with Crippen molar-refractivity contribution in [3.05, 3.63) is 0 Å². The van der Waals surface area contributed by atoms with E-state index in [1.54, 1.807) is 0 Å². The maximum Gasteiger partial charge on any atom is 0.209 e. The predicted octanol–water partition coefficient (Wildman–Crippen LogP) is 0.645. The minimum Gasteiger partial charge on any atom is -0.381 e. The molecule has 3 nitrogen and oxygen atoms in total. The summed E-state index contributed by atoms with van der Waals surface area (Å²) >= 11 is 0. The molecule has 2 aliphatic heterocycles. The maximum absolute atomic E-state index is 10.5. The number of amides is 1. The van der Waals surface area contributed by atoms with Gasteiger partial charge in [-0.3, -0.25) is 4.79 Å². The first-order valence-electron chi connectivity index (χ1n) is 4.62. The van der Waals surface area contributed by atoms with Gasteiger partial charge in [-0.15, -0.1) is 0 Å². The van der Waals surface area contributed by atoms with Gasteiger partial charge in [-0.1, -0.05) is 0 Å². The largest absolute Gasteiger partial charge is 0.381 e. The lowest BCUT2D eigenvalue weighted by molar-refractivity contribution is -0.120. The molecule has 0 aromatic carbocycles. The van der Waals surface area contributed by atoms with Crippen LogP contribution in [0.5, 0.6) is 0 Å². The second kappa shape index (κ2) is 3.05. The fourth-order valence-electron chi connectivity index (χ4n) is 2.15. The van der Waals surface area contributed by atoms with Gasteiger partial charge in [0.05, 0.1) is 6.61 Å². The summed E-state index contributed by atoms with van der Waals surface area (Å²) < 4.78 is 5.40. The molecule has 2 rings (SSSR count). The fourth-order valence-corrected chi connectivity index (χ4v) is 2.15. The minimum absolute atomic E-state index is 0.430.